The second-order valence-electron chi connectivity index (χ2n) is 5.10. The van der Waals surface area contributed by atoms with Crippen LogP contribution in [0.2, 0.25) is 0 Å². The summed E-state index contributed by atoms with van der Waals surface area (Å²) in [6.45, 7) is 8.20. The fraction of sp³-hybridized carbons (Fsp3) is 0.500. The lowest BCUT2D eigenvalue weighted by atomic mass is 10.1. The molecule has 0 aliphatic carbocycles. The Morgan fingerprint density at radius 2 is 2.00 bits per heavy atom. The average molecular weight is 247 g/mol. The second kappa shape index (κ2) is 4.98. The second-order valence-corrected chi connectivity index (χ2v) is 5.10. The number of rotatable bonds is 4. The smallest absolute Gasteiger partial charge is 0.128 e. The van der Waals surface area contributed by atoms with Gasteiger partial charge in [-0.25, -0.2) is 4.98 Å². The first kappa shape index (κ1) is 12.9. The third kappa shape index (κ3) is 2.34. The number of nitrogens with zero attached hydrogens (tertiary/aromatic N) is 2. The monoisotopic (exact) mass is 247 g/mol. The van der Waals surface area contributed by atoms with Crippen LogP contribution >= 0.6 is 0 Å². The number of hydrogen-bond acceptors (Lipinski definition) is 3. The van der Waals surface area contributed by atoms with E-state index in [0.29, 0.717) is 5.92 Å². The number of aromatic nitrogens is 2. The zero-order chi connectivity index (χ0) is 13.3. The Morgan fingerprint density at radius 1 is 1.28 bits per heavy atom. The van der Waals surface area contributed by atoms with Crippen LogP contribution in [0.25, 0.3) is 0 Å². The molecule has 0 aliphatic heterocycles. The molecule has 4 nitrogen and oxygen atoms in total. The number of furan rings is 1. The van der Waals surface area contributed by atoms with Gasteiger partial charge >= 0.3 is 0 Å². The van der Waals surface area contributed by atoms with Gasteiger partial charge in [0.25, 0.3) is 0 Å². The molecule has 2 atom stereocenters. The van der Waals surface area contributed by atoms with Crippen molar-refractivity contribution >= 4 is 0 Å². The van der Waals surface area contributed by atoms with Gasteiger partial charge in [-0.05, 0) is 26.0 Å². The first-order valence-electron chi connectivity index (χ1n) is 6.35. The van der Waals surface area contributed by atoms with Crippen LogP contribution in [0.4, 0.5) is 0 Å². The molecule has 0 spiro atoms. The molecule has 0 saturated carbocycles. The van der Waals surface area contributed by atoms with Crippen LogP contribution in [-0.4, -0.2) is 15.6 Å². The molecule has 0 aliphatic rings. The van der Waals surface area contributed by atoms with E-state index in [-0.39, 0.29) is 12.1 Å². The van der Waals surface area contributed by atoms with E-state index in [0.717, 1.165) is 17.3 Å². The van der Waals surface area contributed by atoms with E-state index >= 15 is 0 Å². The van der Waals surface area contributed by atoms with E-state index in [1.54, 1.807) is 0 Å². The molecule has 0 aromatic carbocycles. The van der Waals surface area contributed by atoms with Gasteiger partial charge in [-0.15, -0.1) is 0 Å². The minimum atomic E-state index is -0.0396. The molecule has 18 heavy (non-hydrogen) atoms. The van der Waals surface area contributed by atoms with E-state index in [1.165, 1.54) is 0 Å². The summed E-state index contributed by atoms with van der Waals surface area (Å²) < 4.78 is 7.86. The van der Waals surface area contributed by atoms with Crippen LogP contribution in [0.3, 0.4) is 0 Å². The van der Waals surface area contributed by atoms with Crippen molar-refractivity contribution in [3.8, 4) is 0 Å². The van der Waals surface area contributed by atoms with E-state index in [4.69, 9.17) is 10.2 Å². The molecule has 2 aromatic heterocycles. The summed E-state index contributed by atoms with van der Waals surface area (Å²) in [7, 11) is 0. The highest BCUT2D eigenvalue weighted by molar-refractivity contribution is 5.15. The van der Waals surface area contributed by atoms with Gasteiger partial charge in [-0.2, -0.15) is 0 Å². The summed E-state index contributed by atoms with van der Waals surface area (Å²) in [5.74, 6) is 3.19. The summed E-state index contributed by atoms with van der Waals surface area (Å²) in [6.07, 6.45) is 3.79. The van der Waals surface area contributed by atoms with Crippen molar-refractivity contribution in [2.75, 3.05) is 0 Å². The van der Waals surface area contributed by atoms with Crippen LogP contribution < -0.4 is 5.73 Å². The van der Waals surface area contributed by atoms with Gasteiger partial charge in [0, 0.05) is 24.4 Å². The lowest BCUT2D eigenvalue weighted by molar-refractivity contribution is 0.371. The van der Waals surface area contributed by atoms with Gasteiger partial charge in [-0.3, -0.25) is 0 Å². The van der Waals surface area contributed by atoms with E-state index in [9.17, 15) is 0 Å². The van der Waals surface area contributed by atoms with Gasteiger partial charge < -0.3 is 14.7 Å². The summed E-state index contributed by atoms with van der Waals surface area (Å²) in [5.41, 5.74) is 6.13. The van der Waals surface area contributed by atoms with Gasteiger partial charge in [-0.1, -0.05) is 13.8 Å². The Labute approximate surface area is 108 Å². The quantitative estimate of drug-likeness (QED) is 0.903. The molecule has 4 heteroatoms. The van der Waals surface area contributed by atoms with Crippen molar-refractivity contribution in [2.45, 2.75) is 45.7 Å². The van der Waals surface area contributed by atoms with E-state index in [1.807, 2.05) is 38.4 Å². The van der Waals surface area contributed by atoms with Gasteiger partial charge in [0.1, 0.15) is 23.4 Å². The Morgan fingerprint density at radius 3 is 2.50 bits per heavy atom. The number of nitrogens with two attached hydrogens (primary N) is 1. The highest BCUT2D eigenvalue weighted by Crippen LogP contribution is 2.26. The fourth-order valence-electron chi connectivity index (χ4n) is 2.27. The van der Waals surface area contributed by atoms with E-state index < -0.39 is 0 Å². The molecule has 0 fully saturated rings. The molecule has 2 aromatic rings. The Bertz CT molecular complexity index is 511. The minimum absolute atomic E-state index is 0.00130. The zero-order valence-electron chi connectivity index (χ0n) is 11.4. The van der Waals surface area contributed by atoms with Crippen molar-refractivity contribution in [1.82, 2.24) is 9.55 Å². The topological polar surface area (TPSA) is 57.0 Å². The predicted molar refractivity (Wildman–Crippen MR) is 71.5 cm³/mol. The summed E-state index contributed by atoms with van der Waals surface area (Å²) in [5, 5.41) is 0. The molecule has 2 N–H and O–H groups in total. The molecule has 0 radical (unpaired) electrons. The third-order valence-electron chi connectivity index (χ3n) is 3.07. The molecule has 2 heterocycles. The summed E-state index contributed by atoms with van der Waals surface area (Å²) in [6, 6.07) is 3.92. The molecular formula is C14H21N3O. The molecule has 2 unspecified atom stereocenters. The Balaban J connectivity index is 2.45. The number of hydrogen-bond donors (Lipinski definition) is 1. The van der Waals surface area contributed by atoms with Gasteiger partial charge in [0.05, 0.1) is 0 Å². The Kier molecular flexibility index (Phi) is 3.57. The van der Waals surface area contributed by atoms with Crippen LogP contribution in [-0.2, 0) is 0 Å². The largest absolute Gasteiger partial charge is 0.464 e. The maximum Gasteiger partial charge on any atom is 0.128 e. The lowest BCUT2D eigenvalue weighted by Crippen LogP contribution is -2.31. The maximum absolute atomic E-state index is 6.13. The molecule has 2 rings (SSSR count). The summed E-state index contributed by atoms with van der Waals surface area (Å²) in [4.78, 5) is 4.42. The normalized spacial score (nSPS) is 15.0. The Hall–Kier alpha value is -1.55. The fourth-order valence-corrected chi connectivity index (χ4v) is 2.27. The first-order chi connectivity index (χ1) is 8.50. The summed E-state index contributed by atoms with van der Waals surface area (Å²) >= 11 is 0. The molecule has 0 bridgehead atoms. The molecule has 98 valence electrons. The van der Waals surface area contributed by atoms with Crippen LogP contribution in [0.5, 0.6) is 0 Å². The van der Waals surface area contributed by atoms with Gasteiger partial charge in [0.15, 0.2) is 0 Å². The van der Waals surface area contributed by atoms with Crippen molar-refractivity contribution in [3.05, 3.63) is 41.9 Å². The first-order valence-corrected chi connectivity index (χ1v) is 6.35. The molecule has 0 saturated heterocycles. The van der Waals surface area contributed by atoms with E-state index in [2.05, 4.69) is 23.4 Å². The standard InChI is InChI=1S/C14H21N3O/c1-9(2)14-16-7-8-17(14)13(11(4)15)12-6-5-10(3)18-12/h5-9,11,13H,15H2,1-4H3. The number of imidazole rings is 1. The van der Waals surface area contributed by atoms with Crippen LogP contribution in [0.1, 0.15) is 50.1 Å². The third-order valence-corrected chi connectivity index (χ3v) is 3.07. The molecule has 0 amide bonds. The van der Waals surface area contributed by atoms with Gasteiger partial charge in [0.2, 0.25) is 0 Å². The average Bonchev–Trinajstić information content (AvgIpc) is 2.88. The number of aryl methyl sites for hydroxylation is 1. The van der Waals surface area contributed by atoms with Crippen molar-refractivity contribution in [2.24, 2.45) is 5.73 Å². The highest BCUT2D eigenvalue weighted by Gasteiger charge is 2.24. The predicted octanol–water partition coefficient (Wildman–Crippen LogP) is 2.84. The maximum atomic E-state index is 6.13. The lowest BCUT2D eigenvalue weighted by Gasteiger charge is -2.23. The van der Waals surface area contributed by atoms with Crippen LogP contribution in [0, 0.1) is 6.92 Å². The zero-order valence-corrected chi connectivity index (χ0v) is 11.4. The minimum Gasteiger partial charge on any atom is -0.464 e. The van der Waals surface area contributed by atoms with Crippen molar-refractivity contribution < 1.29 is 4.42 Å². The highest BCUT2D eigenvalue weighted by atomic mass is 16.3. The van der Waals surface area contributed by atoms with Crippen molar-refractivity contribution in [3.63, 3.8) is 0 Å². The SMILES string of the molecule is Cc1ccc(C(C(C)N)n2ccnc2C(C)C)o1. The van der Waals surface area contributed by atoms with Crippen molar-refractivity contribution in [1.29, 1.82) is 0 Å². The molecular weight excluding hydrogens is 226 g/mol. The van der Waals surface area contributed by atoms with Crippen LogP contribution in [0.15, 0.2) is 28.9 Å².